The molecule has 5 nitrogen and oxygen atoms in total. The van der Waals surface area contributed by atoms with Crippen LogP contribution >= 0.6 is 11.3 Å². The Morgan fingerprint density at radius 2 is 2.23 bits per heavy atom. The lowest BCUT2D eigenvalue weighted by Gasteiger charge is -2.11. The van der Waals surface area contributed by atoms with Crippen LogP contribution in [0.3, 0.4) is 0 Å². The number of aliphatic imine (C=N–C) groups is 1. The highest BCUT2D eigenvalue weighted by atomic mass is 32.1. The second kappa shape index (κ2) is 7.74. The number of rotatable bonds is 5. The van der Waals surface area contributed by atoms with Gasteiger partial charge in [0.05, 0.1) is 10.7 Å². The van der Waals surface area contributed by atoms with Crippen molar-refractivity contribution >= 4 is 17.3 Å². The van der Waals surface area contributed by atoms with Gasteiger partial charge in [0.25, 0.3) is 0 Å². The minimum absolute atomic E-state index is 0.343. The number of phenols is 1. The van der Waals surface area contributed by atoms with Crippen LogP contribution in [0.25, 0.3) is 0 Å². The Kier molecular flexibility index (Phi) is 5.71. The van der Waals surface area contributed by atoms with Gasteiger partial charge in [-0.15, -0.1) is 11.3 Å². The molecule has 7 heteroatoms. The number of aromatic hydroxyl groups is 1. The maximum atomic E-state index is 13.2. The fraction of sp³-hybridized carbons (Fsp3) is 0.333. The van der Waals surface area contributed by atoms with Crippen molar-refractivity contribution in [2.45, 2.75) is 19.9 Å². The van der Waals surface area contributed by atoms with E-state index in [1.54, 1.807) is 24.5 Å². The van der Waals surface area contributed by atoms with E-state index in [2.05, 4.69) is 20.6 Å². The first-order valence-electron chi connectivity index (χ1n) is 6.91. The number of hydrogen-bond acceptors (Lipinski definition) is 4. The quantitative estimate of drug-likeness (QED) is 0.583. The number of hydrogen-bond donors (Lipinski definition) is 3. The average Bonchev–Trinajstić information content (AvgIpc) is 2.91. The summed E-state index contributed by atoms with van der Waals surface area (Å²) < 4.78 is 13.2. The van der Waals surface area contributed by atoms with Crippen molar-refractivity contribution in [1.29, 1.82) is 0 Å². The van der Waals surface area contributed by atoms with Gasteiger partial charge < -0.3 is 15.7 Å². The van der Waals surface area contributed by atoms with Crippen LogP contribution in [0.5, 0.6) is 5.75 Å². The molecule has 0 unspecified atom stereocenters. The minimum Gasteiger partial charge on any atom is -0.505 e. The van der Waals surface area contributed by atoms with E-state index in [9.17, 15) is 4.39 Å². The molecule has 0 atom stereocenters. The zero-order chi connectivity index (χ0) is 15.9. The lowest BCUT2D eigenvalue weighted by atomic mass is 10.2. The third kappa shape index (κ3) is 4.70. The normalized spacial score (nSPS) is 11.5. The van der Waals surface area contributed by atoms with Gasteiger partial charge in [-0.25, -0.2) is 9.37 Å². The summed E-state index contributed by atoms with van der Waals surface area (Å²) in [5, 5.41) is 18.5. The summed E-state index contributed by atoms with van der Waals surface area (Å²) >= 11 is 1.64. The smallest absolute Gasteiger partial charge is 0.191 e. The molecule has 22 heavy (non-hydrogen) atoms. The van der Waals surface area contributed by atoms with Crippen molar-refractivity contribution in [3.05, 3.63) is 45.7 Å². The third-order valence-corrected chi connectivity index (χ3v) is 3.86. The largest absolute Gasteiger partial charge is 0.505 e. The lowest BCUT2D eigenvalue weighted by molar-refractivity contribution is 0.431. The number of thiazole rings is 1. The fourth-order valence-corrected chi connectivity index (χ4v) is 2.55. The molecule has 0 aliphatic carbocycles. The summed E-state index contributed by atoms with van der Waals surface area (Å²) in [7, 11) is 1.68. The molecule has 118 valence electrons. The highest BCUT2D eigenvalue weighted by Gasteiger charge is 2.03. The fourth-order valence-electron chi connectivity index (χ4n) is 1.90. The molecule has 1 aromatic heterocycles. The Morgan fingerprint density at radius 3 is 2.86 bits per heavy atom. The Morgan fingerprint density at radius 1 is 1.41 bits per heavy atom. The molecule has 0 fully saturated rings. The molecule has 2 aromatic rings. The van der Waals surface area contributed by atoms with Gasteiger partial charge in [-0.3, -0.25) is 4.99 Å². The summed E-state index contributed by atoms with van der Waals surface area (Å²) in [5.74, 6) is -0.327. The molecule has 3 N–H and O–H groups in total. The van der Waals surface area contributed by atoms with Gasteiger partial charge in [0.1, 0.15) is 0 Å². The number of nitrogens with one attached hydrogen (secondary N) is 2. The Labute approximate surface area is 132 Å². The van der Waals surface area contributed by atoms with E-state index in [-0.39, 0.29) is 5.75 Å². The zero-order valence-electron chi connectivity index (χ0n) is 12.6. The van der Waals surface area contributed by atoms with Crippen LogP contribution in [0.15, 0.2) is 28.6 Å². The van der Waals surface area contributed by atoms with E-state index in [4.69, 9.17) is 5.11 Å². The molecule has 0 spiro atoms. The van der Waals surface area contributed by atoms with Crippen molar-refractivity contribution in [2.24, 2.45) is 4.99 Å². The monoisotopic (exact) mass is 322 g/mol. The average molecular weight is 322 g/mol. The van der Waals surface area contributed by atoms with Crippen LogP contribution in [-0.2, 0) is 13.0 Å². The number of phenolic OH excluding ortho intramolecular Hbond substituents is 1. The number of nitrogens with zero attached hydrogens (tertiary/aromatic N) is 2. The minimum atomic E-state index is -0.624. The van der Waals surface area contributed by atoms with Crippen LogP contribution in [0, 0.1) is 12.7 Å². The number of halogens is 1. The molecule has 0 radical (unpaired) electrons. The van der Waals surface area contributed by atoms with Crippen molar-refractivity contribution in [3.8, 4) is 5.75 Å². The molecule has 0 saturated heterocycles. The van der Waals surface area contributed by atoms with E-state index in [0.29, 0.717) is 19.0 Å². The predicted octanol–water partition coefficient (Wildman–Crippen LogP) is 2.20. The molecule has 0 amide bonds. The first kappa shape index (κ1) is 16.2. The molecule has 0 aliphatic heterocycles. The van der Waals surface area contributed by atoms with Gasteiger partial charge >= 0.3 is 0 Å². The van der Waals surface area contributed by atoms with Gasteiger partial charge in [-0.2, -0.15) is 0 Å². The van der Waals surface area contributed by atoms with Crippen LogP contribution in [0.4, 0.5) is 4.39 Å². The molecular formula is C15H19FN4OS. The summed E-state index contributed by atoms with van der Waals surface area (Å²) in [6.07, 6.45) is 0.818. The van der Waals surface area contributed by atoms with E-state index in [1.807, 2.05) is 12.3 Å². The Hall–Kier alpha value is -2.15. The summed E-state index contributed by atoms with van der Waals surface area (Å²) in [5.41, 5.74) is 1.79. The molecule has 0 aliphatic rings. The van der Waals surface area contributed by atoms with Gasteiger partial charge in [0.2, 0.25) is 0 Å². The van der Waals surface area contributed by atoms with Crippen LogP contribution in [-0.4, -0.2) is 29.6 Å². The van der Waals surface area contributed by atoms with E-state index in [0.717, 1.165) is 22.7 Å². The van der Waals surface area contributed by atoms with Crippen LogP contribution in [0.2, 0.25) is 0 Å². The zero-order valence-corrected chi connectivity index (χ0v) is 13.4. The molecule has 0 saturated carbocycles. The van der Waals surface area contributed by atoms with Crippen molar-refractivity contribution in [2.75, 3.05) is 13.6 Å². The second-order valence-corrected chi connectivity index (χ2v) is 5.81. The standard InChI is InChI=1S/C15H19FN4OS/c1-10-20-12(9-22-10)5-6-18-15(17-2)19-8-11-3-4-14(21)13(16)7-11/h3-4,7,9,21H,5-6,8H2,1-2H3,(H2,17,18,19). The van der Waals surface area contributed by atoms with Crippen LogP contribution < -0.4 is 10.6 Å². The molecule has 2 rings (SSSR count). The molecule has 1 heterocycles. The first-order chi connectivity index (χ1) is 10.6. The van der Waals surface area contributed by atoms with Gasteiger partial charge in [0, 0.05) is 31.9 Å². The Balaban J connectivity index is 1.78. The number of guanidine groups is 1. The van der Waals surface area contributed by atoms with E-state index in [1.165, 1.54) is 12.1 Å². The van der Waals surface area contributed by atoms with Gasteiger partial charge in [-0.1, -0.05) is 6.07 Å². The number of benzene rings is 1. The van der Waals surface area contributed by atoms with Crippen LogP contribution in [0.1, 0.15) is 16.3 Å². The van der Waals surface area contributed by atoms with Crippen molar-refractivity contribution in [3.63, 3.8) is 0 Å². The Bertz CT molecular complexity index is 657. The topological polar surface area (TPSA) is 69.5 Å². The van der Waals surface area contributed by atoms with Crippen molar-refractivity contribution in [1.82, 2.24) is 15.6 Å². The van der Waals surface area contributed by atoms with Gasteiger partial charge in [-0.05, 0) is 24.6 Å². The van der Waals surface area contributed by atoms with E-state index >= 15 is 0 Å². The number of aromatic nitrogens is 1. The molecule has 1 aromatic carbocycles. The van der Waals surface area contributed by atoms with E-state index < -0.39 is 5.82 Å². The molecular weight excluding hydrogens is 303 g/mol. The molecule has 0 bridgehead atoms. The lowest BCUT2D eigenvalue weighted by Crippen LogP contribution is -2.37. The summed E-state index contributed by atoms with van der Waals surface area (Å²) in [6, 6.07) is 4.30. The summed E-state index contributed by atoms with van der Waals surface area (Å²) in [4.78, 5) is 8.51. The van der Waals surface area contributed by atoms with Crippen molar-refractivity contribution < 1.29 is 9.50 Å². The SMILES string of the molecule is CN=C(NCCc1csc(C)n1)NCc1ccc(O)c(F)c1. The third-order valence-electron chi connectivity index (χ3n) is 3.04. The summed E-state index contributed by atoms with van der Waals surface area (Å²) in [6.45, 7) is 3.12. The highest BCUT2D eigenvalue weighted by molar-refractivity contribution is 7.09. The predicted molar refractivity (Wildman–Crippen MR) is 86.8 cm³/mol. The second-order valence-electron chi connectivity index (χ2n) is 4.75. The maximum Gasteiger partial charge on any atom is 0.191 e. The van der Waals surface area contributed by atoms with Gasteiger partial charge in [0.15, 0.2) is 17.5 Å². The maximum absolute atomic E-state index is 13.2. The number of aryl methyl sites for hydroxylation is 1. The first-order valence-corrected chi connectivity index (χ1v) is 7.79. The highest BCUT2D eigenvalue weighted by Crippen LogP contribution is 2.15.